The molecule has 1 aromatic heterocycles. The van der Waals surface area contributed by atoms with Crippen LogP contribution in [0.3, 0.4) is 0 Å². The number of hydrogen-bond donors (Lipinski definition) is 2. The Hall–Kier alpha value is -2.07. The molecule has 1 aliphatic rings. The number of allylic oxidation sites excluding steroid dienone is 2. The van der Waals surface area contributed by atoms with Crippen molar-refractivity contribution in [3.05, 3.63) is 35.6 Å². The van der Waals surface area contributed by atoms with Gasteiger partial charge in [0.1, 0.15) is 12.0 Å². The Kier molecular flexibility index (Phi) is 7.16. The predicted molar refractivity (Wildman–Crippen MR) is 115 cm³/mol. The summed E-state index contributed by atoms with van der Waals surface area (Å²) >= 11 is 0. The molecule has 0 amide bonds. The first-order valence-electron chi connectivity index (χ1n) is 10.1. The van der Waals surface area contributed by atoms with Crippen molar-refractivity contribution in [1.82, 2.24) is 15.3 Å². The Morgan fingerprint density at radius 3 is 2.42 bits per heavy atom. The van der Waals surface area contributed by atoms with E-state index >= 15 is 0 Å². The van der Waals surface area contributed by atoms with E-state index in [9.17, 15) is 18.0 Å². The quantitative estimate of drug-likeness (QED) is 0.339. The zero-order valence-electron chi connectivity index (χ0n) is 18.9. The number of hydrogen-bond acceptors (Lipinski definition) is 6. The molecule has 0 spiro atoms. The van der Waals surface area contributed by atoms with Crippen LogP contribution in [0.25, 0.3) is 0 Å². The summed E-state index contributed by atoms with van der Waals surface area (Å²) in [5, 5.41) is 9.92. The fourth-order valence-corrected chi connectivity index (χ4v) is 5.13. The van der Waals surface area contributed by atoms with Crippen molar-refractivity contribution in [2.75, 3.05) is 0 Å². The summed E-state index contributed by atoms with van der Waals surface area (Å²) in [6.07, 6.45) is -1.26. The summed E-state index contributed by atoms with van der Waals surface area (Å²) in [6, 6.07) is 0.962. The second-order valence-electron chi connectivity index (χ2n) is 9.79. The largest absolute Gasteiger partial charge is 0.431 e. The number of Topliss-reactive ketones (excluding diaryl/α,β-unsaturated/α-hetero) is 1. The molecule has 0 atom stereocenters. The first-order chi connectivity index (χ1) is 14.1. The summed E-state index contributed by atoms with van der Waals surface area (Å²) in [5.41, 5.74) is -2.10. The van der Waals surface area contributed by atoms with E-state index < -0.39 is 43.2 Å². The van der Waals surface area contributed by atoms with Gasteiger partial charge in [0.05, 0.1) is 23.3 Å². The lowest BCUT2D eigenvalue weighted by Gasteiger charge is -2.52. The van der Waals surface area contributed by atoms with Crippen molar-refractivity contribution in [2.24, 2.45) is 0 Å². The Balaban J connectivity index is 2.17. The van der Waals surface area contributed by atoms with Crippen molar-refractivity contribution in [1.29, 1.82) is 5.41 Å². The predicted octanol–water partition coefficient (Wildman–Crippen LogP) is 4.59. The van der Waals surface area contributed by atoms with Gasteiger partial charge in [-0.3, -0.25) is 4.79 Å². The number of alkyl halides is 3. The zero-order chi connectivity index (χ0) is 23.7. The van der Waals surface area contributed by atoms with Crippen molar-refractivity contribution in [2.45, 2.75) is 82.9 Å². The van der Waals surface area contributed by atoms with Crippen molar-refractivity contribution >= 4 is 20.3 Å². The lowest BCUT2D eigenvalue weighted by molar-refractivity contribution is -0.117. The molecule has 0 aromatic carbocycles. The van der Waals surface area contributed by atoms with Gasteiger partial charge in [-0.05, 0) is 44.0 Å². The second kappa shape index (κ2) is 8.82. The van der Waals surface area contributed by atoms with Gasteiger partial charge in [0.25, 0.3) is 0 Å². The molecule has 1 saturated carbocycles. The van der Waals surface area contributed by atoms with Crippen LogP contribution in [-0.4, -0.2) is 48.1 Å². The third-order valence-corrected chi connectivity index (χ3v) is 10.6. The van der Waals surface area contributed by atoms with Gasteiger partial charge in [-0.25, -0.2) is 9.97 Å². The molecular weight excluding hydrogens is 425 g/mol. The minimum Gasteiger partial charge on any atom is -0.411 e. The van der Waals surface area contributed by atoms with E-state index in [0.29, 0.717) is 24.8 Å². The van der Waals surface area contributed by atoms with Crippen LogP contribution >= 0.6 is 0 Å². The van der Waals surface area contributed by atoms with Crippen LogP contribution in [0.5, 0.6) is 0 Å². The molecule has 0 bridgehead atoms. The number of nitrogens with zero attached hydrogens (tertiary/aromatic N) is 2. The molecule has 172 valence electrons. The number of nitrogens with one attached hydrogen (secondary N) is 2. The van der Waals surface area contributed by atoms with Crippen molar-refractivity contribution in [3.8, 4) is 0 Å². The molecule has 1 heterocycles. The van der Waals surface area contributed by atoms with Gasteiger partial charge in [-0.2, -0.15) is 13.2 Å². The van der Waals surface area contributed by atoms with E-state index in [4.69, 9.17) is 9.84 Å². The Labute approximate surface area is 182 Å². The van der Waals surface area contributed by atoms with Crippen LogP contribution in [0.15, 0.2) is 29.9 Å². The number of ketones is 1. The molecule has 0 saturated heterocycles. The molecule has 0 radical (unpaired) electrons. The van der Waals surface area contributed by atoms with Crippen molar-refractivity contribution < 1.29 is 22.4 Å². The van der Waals surface area contributed by atoms with Crippen LogP contribution in [0.2, 0.25) is 18.1 Å². The minimum atomic E-state index is -4.79. The molecule has 0 aliphatic heterocycles. The molecule has 1 fully saturated rings. The lowest BCUT2D eigenvalue weighted by atomic mass is 9.77. The average molecular weight is 457 g/mol. The van der Waals surface area contributed by atoms with E-state index in [1.165, 1.54) is 18.6 Å². The molecule has 1 aliphatic carbocycles. The first-order valence-corrected chi connectivity index (χ1v) is 13.1. The molecule has 6 nitrogen and oxygen atoms in total. The van der Waals surface area contributed by atoms with Gasteiger partial charge < -0.3 is 15.2 Å². The zero-order valence-corrected chi connectivity index (χ0v) is 19.9. The highest BCUT2D eigenvalue weighted by Crippen LogP contribution is 2.45. The Morgan fingerprint density at radius 2 is 1.97 bits per heavy atom. The van der Waals surface area contributed by atoms with Crippen LogP contribution in [0.1, 0.15) is 46.2 Å². The molecular formula is C21H31F3N4O2Si. The lowest BCUT2D eigenvalue weighted by Crippen LogP contribution is -2.59. The number of halogens is 3. The first kappa shape index (κ1) is 25.2. The standard InChI is InChI=1S/C21H31F3N4O2Si/c1-19(2,3)31(5,6)30-20(4)10-15(11-20)28-18(21(22,23)24)16(12-25)17(29)9-14-7-8-26-13-27-14/h7-8,12-13,15,25,28H,9-11H2,1-6H3/b18-16+,25-12?/t15-,20+. The maximum atomic E-state index is 13.8. The maximum absolute atomic E-state index is 13.8. The number of aromatic nitrogens is 2. The molecule has 31 heavy (non-hydrogen) atoms. The summed E-state index contributed by atoms with van der Waals surface area (Å²) in [4.78, 5) is 20.1. The van der Waals surface area contributed by atoms with Gasteiger partial charge in [0, 0.05) is 18.5 Å². The van der Waals surface area contributed by atoms with Crippen molar-refractivity contribution in [3.63, 3.8) is 0 Å². The SMILES string of the molecule is CC(C)(C)[Si](C)(C)O[C@]1(C)C[C@H](N/C(=C(\C=N)C(=O)Cc2ccncn2)C(F)(F)F)C1. The summed E-state index contributed by atoms with van der Waals surface area (Å²) in [6.45, 7) is 12.5. The van der Waals surface area contributed by atoms with Crippen LogP contribution in [0.4, 0.5) is 13.2 Å². The third kappa shape index (κ3) is 6.22. The van der Waals surface area contributed by atoms with E-state index in [0.717, 1.165) is 0 Å². The monoisotopic (exact) mass is 456 g/mol. The number of carbonyl (C=O) groups is 1. The van der Waals surface area contributed by atoms with Gasteiger partial charge >= 0.3 is 6.18 Å². The topological polar surface area (TPSA) is 88.0 Å². The number of rotatable bonds is 8. The second-order valence-corrected chi connectivity index (χ2v) is 14.5. The van der Waals surface area contributed by atoms with E-state index in [2.05, 4.69) is 49.1 Å². The molecule has 10 heteroatoms. The van der Waals surface area contributed by atoms with Crippen LogP contribution in [-0.2, 0) is 15.6 Å². The highest BCUT2D eigenvalue weighted by molar-refractivity contribution is 6.74. The fourth-order valence-electron chi connectivity index (χ4n) is 3.43. The average Bonchev–Trinajstić information content (AvgIpc) is 2.58. The summed E-state index contributed by atoms with van der Waals surface area (Å²) in [7, 11) is -2.07. The number of carbonyl (C=O) groups excluding carboxylic acids is 1. The van der Waals surface area contributed by atoms with Gasteiger partial charge in [-0.15, -0.1) is 0 Å². The minimum absolute atomic E-state index is 0.00762. The van der Waals surface area contributed by atoms with Crippen LogP contribution < -0.4 is 5.32 Å². The van der Waals surface area contributed by atoms with E-state index in [-0.39, 0.29) is 11.5 Å². The molecule has 1 aromatic rings. The normalized spacial score (nSPS) is 22.9. The van der Waals surface area contributed by atoms with Crippen LogP contribution in [0, 0.1) is 5.41 Å². The molecule has 0 unspecified atom stereocenters. The highest BCUT2D eigenvalue weighted by Gasteiger charge is 2.50. The maximum Gasteiger partial charge on any atom is 0.431 e. The molecule has 2 rings (SSSR count). The highest BCUT2D eigenvalue weighted by atomic mass is 28.4. The van der Waals surface area contributed by atoms with Gasteiger partial charge in [0.15, 0.2) is 14.1 Å². The smallest absolute Gasteiger partial charge is 0.411 e. The van der Waals surface area contributed by atoms with E-state index in [1.807, 2.05) is 6.92 Å². The fraction of sp³-hybridized carbons (Fsp3) is 0.619. The Bertz CT molecular complexity index is 842. The van der Waals surface area contributed by atoms with Gasteiger partial charge in [0.2, 0.25) is 0 Å². The molecule has 2 N–H and O–H groups in total. The van der Waals surface area contributed by atoms with Gasteiger partial charge in [-0.1, -0.05) is 20.8 Å². The third-order valence-electron chi connectivity index (χ3n) is 6.00. The summed E-state index contributed by atoms with van der Waals surface area (Å²) in [5.74, 6) is -0.826. The Morgan fingerprint density at radius 1 is 1.35 bits per heavy atom. The summed E-state index contributed by atoms with van der Waals surface area (Å²) < 4.78 is 47.7. The van der Waals surface area contributed by atoms with E-state index in [1.54, 1.807) is 0 Å².